The molecule has 2 N–H and O–H groups in total. The van der Waals surface area contributed by atoms with Crippen LogP contribution in [0.1, 0.15) is 24.8 Å². The van der Waals surface area contributed by atoms with E-state index in [4.69, 9.17) is 0 Å². The average molecular weight is 534 g/mol. The fourth-order valence-electron chi connectivity index (χ4n) is 4.62. The summed E-state index contributed by atoms with van der Waals surface area (Å²) >= 11 is 0. The number of nitro groups is 2. The number of aryl methyl sites for hydroxylation is 2. The maximum atomic E-state index is 11.1. The van der Waals surface area contributed by atoms with Crippen LogP contribution in [0.15, 0.2) is 79.4 Å². The van der Waals surface area contributed by atoms with E-state index < -0.39 is 0 Å². The van der Waals surface area contributed by atoms with Crippen LogP contribution in [0.3, 0.4) is 0 Å². The topological polar surface area (TPSA) is 122 Å². The van der Waals surface area contributed by atoms with Crippen molar-refractivity contribution in [3.63, 3.8) is 0 Å². The molecule has 11 heteroatoms. The molecule has 0 radical (unpaired) electrons. The average Bonchev–Trinajstić information content (AvgIpc) is 3.59. The van der Waals surface area contributed by atoms with Crippen molar-refractivity contribution in [2.45, 2.75) is 32.2 Å². The van der Waals surface area contributed by atoms with E-state index in [1.165, 1.54) is 17.7 Å². The molecule has 11 nitrogen and oxygen atoms in total. The first-order valence-corrected chi connectivity index (χ1v) is 13.3. The minimum Gasteiger partial charge on any atom is -0.379 e. The van der Waals surface area contributed by atoms with Gasteiger partial charge in [0.15, 0.2) is 0 Å². The van der Waals surface area contributed by atoms with E-state index in [0.717, 1.165) is 52.0 Å². The van der Waals surface area contributed by atoms with E-state index in [2.05, 4.69) is 55.9 Å². The minimum absolute atomic E-state index is 0.102. The molecule has 1 aromatic heterocycles. The Labute approximate surface area is 228 Å². The number of para-hydroxylation sites is 4. The number of anilines is 2. The maximum absolute atomic E-state index is 11.1. The van der Waals surface area contributed by atoms with Gasteiger partial charge in [0, 0.05) is 69.7 Å². The Morgan fingerprint density at radius 2 is 1.26 bits per heavy atom. The number of nitrogens with one attached hydrogen (secondary N) is 2. The first-order valence-electron chi connectivity index (χ1n) is 13.3. The summed E-state index contributed by atoms with van der Waals surface area (Å²) in [5.41, 5.74) is 2.63. The van der Waals surface area contributed by atoms with Crippen LogP contribution in [0.5, 0.6) is 0 Å². The van der Waals surface area contributed by atoms with Crippen molar-refractivity contribution in [1.29, 1.82) is 0 Å². The minimum atomic E-state index is -0.363. The summed E-state index contributed by atoms with van der Waals surface area (Å²) in [5.74, 6) is 0. The van der Waals surface area contributed by atoms with E-state index in [1.807, 2.05) is 0 Å². The number of aromatic nitrogens is 1. The van der Waals surface area contributed by atoms with Gasteiger partial charge in [-0.05, 0) is 49.4 Å². The van der Waals surface area contributed by atoms with Crippen LogP contribution >= 0.6 is 0 Å². The van der Waals surface area contributed by atoms with Gasteiger partial charge in [0.2, 0.25) is 0 Å². The molecule has 0 atom stereocenters. The Morgan fingerprint density at radius 3 is 1.85 bits per heavy atom. The second kappa shape index (κ2) is 13.8. The van der Waals surface area contributed by atoms with Crippen molar-refractivity contribution in [2.24, 2.45) is 0 Å². The lowest BCUT2D eigenvalue weighted by atomic mass is 10.2. The zero-order valence-corrected chi connectivity index (χ0v) is 21.9. The number of rotatable bonds is 16. The Balaban J connectivity index is 1.07. The van der Waals surface area contributed by atoms with Gasteiger partial charge >= 0.3 is 0 Å². The zero-order chi connectivity index (χ0) is 27.5. The van der Waals surface area contributed by atoms with Gasteiger partial charge in [-0.15, -0.1) is 0 Å². The third-order valence-electron chi connectivity index (χ3n) is 6.62. The number of hydrogen-bond acceptors (Lipinski definition) is 8. The molecule has 0 fully saturated rings. The summed E-state index contributed by atoms with van der Waals surface area (Å²) in [5, 5.41) is 28.6. The van der Waals surface area contributed by atoms with Crippen LogP contribution < -0.4 is 10.6 Å². The summed E-state index contributed by atoms with van der Waals surface area (Å²) < 4.78 is 2.17. The van der Waals surface area contributed by atoms with Gasteiger partial charge in [-0.25, -0.2) is 0 Å². The largest absolute Gasteiger partial charge is 0.379 e. The van der Waals surface area contributed by atoms with E-state index in [9.17, 15) is 20.2 Å². The van der Waals surface area contributed by atoms with Crippen LogP contribution in [0.4, 0.5) is 22.7 Å². The van der Waals surface area contributed by atoms with Gasteiger partial charge in [-0.2, -0.15) is 0 Å². The van der Waals surface area contributed by atoms with E-state index >= 15 is 0 Å². The van der Waals surface area contributed by atoms with Gasteiger partial charge in [0.25, 0.3) is 11.4 Å². The van der Waals surface area contributed by atoms with Crippen LogP contribution in [0.2, 0.25) is 0 Å². The first-order chi connectivity index (χ1) is 19.0. The van der Waals surface area contributed by atoms with Crippen LogP contribution in [-0.2, 0) is 13.0 Å². The molecule has 4 rings (SSSR count). The molecule has 0 aliphatic carbocycles. The molecule has 1 aliphatic rings. The normalized spacial score (nSPS) is 12.6. The second-order valence-corrected chi connectivity index (χ2v) is 9.53. The molecule has 1 aliphatic heterocycles. The summed E-state index contributed by atoms with van der Waals surface area (Å²) in [6, 6.07) is 15.6. The molecule has 3 aromatic rings. The van der Waals surface area contributed by atoms with Gasteiger partial charge in [0.1, 0.15) is 11.4 Å². The molecular formula is C28H35N7O4. The standard InChI is InChI=1S/C28H35N7O4/c36-34(37)27-11-3-1-9-25(27)29-14-6-17-31-19-13-24(22-31)8-5-16-32-20-21-33(23-32)18-7-15-30-26-10-2-4-12-28(26)35(38)39/h1-4,9-13,19-22,29-30H,5-8,14-18,23H2. The maximum Gasteiger partial charge on any atom is 0.292 e. The van der Waals surface area contributed by atoms with Gasteiger partial charge in [-0.1, -0.05) is 24.3 Å². The van der Waals surface area contributed by atoms with Gasteiger partial charge in [-0.3, -0.25) is 20.2 Å². The lowest BCUT2D eigenvalue weighted by molar-refractivity contribution is -0.384. The number of nitro benzene ring substituents is 2. The van der Waals surface area contributed by atoms with Crippen molar-refractivity contribution in [3.05, 3.63) is 105 Å². The predicted molar refractivity (Wildman–Crippen MR) is 153 cm³/mol. The van der Waals surface area contributed by atoms with E-state index in [1.54, 1.807) is 36.4 Å². The SMILES string of the molecule is O=[N+]([O-])c1ccccc1NCCCN1C=CN(CCCc2ccn(CCCNc3ccccc3[N+](=O)[O-])c2)C1. The molecule has 0 unspecified atom stereocenters. The molecule has 206 valence electrons. The Bertz CT molecular complexity index is 1280. The fraction of sp³-hybridized carbons (Fsp3) is 0.357. The molecule has 2 aromatic carbocycles. The summed E-state index contributed by atoms with van der Waals surface area (Å²) in [7, 11) is 0. The molecule has 2 heterocycles. The Morgan fingerprint density at radius 1 is 0.718 bits per heavy atom. The Kier molecular flexibility index (Phi) is 9.76. The van der Waals surface area contributed by atoms with Crippen LogP contribution in [0, 0.1) is 20.2 Å². The fourth-order valence-corrected chi connectivity index (χ4v) is 4.62. The quantitative estimate of drug-likeness (QED) is 0.145. The summed E-state index contributed by atoms with van der Waals surface area (Å²) in [6.07, 6.45) is 12.3. The van der Waals surface area contributed by atoms with Crippen molar-refractivity contribution >= 4 is 22.7 Å². The zero-order valence-electron chi connectivity index (χ0n) is 21.9. The third-order valence-corrected chi connectivity index (χ3v) is 6.62. The highest BCUT2D eigenvalue weighted by Gasteiger charge is 2.14. The molecule has 0 amide bonds. The van der Waals surface area contributed by atoms with Crippen molar-refractivity contribution < 1.29 is 9.85 Å². The van der Waals surface area contributed by atoms with Crippen molar-refractivity contribution in [2.75, 3.05) is 43.5 Å². The highest BCUT2D eigenvalue weighted by atomic mass is 16.6. The third kappa shape index (κ3) is 8.22. The summed E-state index contributed by atoms with van der Waals surface area (Å²) in [4.78, 5) is 26.1. The first kappa shape index (κ1) is 27.5. The summed E-state index contributed by atoms with van der Waals surface area (Å²) in [6.45, 7) is 4.91. The van der Waals surface area contributed by atoms with Gasteiger partial charge in [0.05, 0.1) is 16.5 Å². The van der Waals surface area contributed by atoms with Crippen LogP contribution in [-0.4, -0.2) is 57.1 Å². The molecular weight excluding hydrogens is 498 g/mol. The molecule has 0 bridgehead atoms. The molecule has 0 saturated carbocycles. The number of benzene rings is 2. The van der Waals surface area contributed by atoms with Gasteiger partial charge < -0.3 is 25.0 Å². The van der Waals surface area contributed by atoms with Crippen LogP contribution in [0.25, 0.3) is 0 Å². The molecule has 39 heavy (non-hydrogen) atoms. The highest BCUT2D eigenvalue weighted by Crippen LogP contribution is 2.24. The lowest BCUT2D eigenvalue weighted by Gasteiger charge is -2.21. The van der Waals surface area contributed by atoms with Crippen molar-refractivity contribution in [1.82, 2.24) is 14.4 Å². The Hall–Kier alpha value is -4.54. The predicted octanol–water partition coefficient (Wildman–Crippen LogP) is 5.29. The molecule has 0 spiro atoms. The van der Waals surface area contributed by atoms with Crippen molar-refractivity contribution in [3.8, 4) is 0 Å². The number of hydrogen-bond donors (Lipinski definition) is 2. The smallest absolute Gasteiger partial charge is 0.292 e. The highest BCUT2D eigenvalue weighted by molar-refractivity contribution is 5.61. The lowest BCUT2D eigenvalue weighted by Crippen LogP contribution is -2.27. The molecule has 0 saturated heterocycles. The van der Waals surface area contributed by atoms with E-state index in [0.29, 0.717) is 24.5 Å². The monoisotopic (exact) mass is 533 g/mol. The number of nitrogens with zero attached hydrogens (tertiary/aromatic N) is 5. The second-order valence-electron chi connectivity index (χ2n) is 9.53. The van der Waals surface area contributed by atoms with E-state index in [-0.39, 0.29) is 21.2 Å².